The first-order chi connectivity index (χ1) is 15.8. The molecule has 0 unspecified atom stereocenters. The molecule has 1 aliphatic heterocycles. The maximum atomic E-state index is 13.8. The van der Waals surface area contributed by atoms with Gasteiger partial charge in [0, 0.05) is 24.8 Å². The van der Waals surface area contributed by atoms with E-state index in [0.29, 0.717) is 42.1 Å². The molecule has 4 rings (SSSR count). The number of amides is 1. The van der Waals surface area contributed by atoms with Gasteiger partial charge in [0.25, 0.3) is 0 Å². The second-order valence-corrected chi connectivity index (χ2v) is 7.73. The Hall–Kier alpha value is -3.56. The molecule has 1 saturated heterocycles. The fraction of sp³-hybridized carbons (Fsp3) is 0.348. The van der Waals surface area contributed by atoms with Crippen molar-refractivity contribution in [2.75, 3.05) is 37.5 Å². The number of nitrogens with one attached hydrogen (secondary N) is 1. The van der Waals surface area contributed by atoms with Gasteiger partial charge in [-0.25, -0.2) is 9.97 Å². The van der Waals surface area contributed by atoms with Crippen LogP contribution in [0, 0.1) is 5.92 Å². The highest BCUT2D eigenvalue weighted by Gasteiger charge is 2.40. The van der Waals surface area contributed by atoms with Gasteiger partial charge in [0.1, 0.15) is 0 Å². The maximum Gasteiger partial charge on any atom is 0.437 e. The van der Waals surface area contributed by atoms with E-state index in [4.69, 9.17) is 9.47 Å². The SMILES string of the molecule is COc1ccc(NC(=O)[C@H]2CCCN(c3nc4ccccc4nc3C(F)(F)F)C2)cc1OC. The third-order valence-corrected chi connectivity index (χ3v) is 5.56. The van der Waals surface area contributed by atoms with Crippen molar-refractivity contribution in [2.24, 2.45) is 5.92 Å². The van der Waals surface area contributed by atoms with Gasteiger partial charge in [-0.15, -0.1) is 0 Å². The Kier molecular flexibility index (Phi) is 6.26. The zero-order valence-electron chi connectivity index (χ0n) is 18.1. The first-order valence-electron chi connectivity index (χ1n) is 10.4. The van der Waals surface area contributed by atoms with Gasteiger partial charge < -0.3 is 19.7 Å². The van der Waals surface area contributed by atoms with E-state index in [0.717, 1.165) is 0 Å². The van der Waals surface area contributed by atoms with Crippen molar-refractivity contribution in [1.29, 1.82) is 0 Å². The minimum absolute atomic E-state index is 0.106. The van der Waals surface area contributed by atoms with Crippen molar-refractivity contribution in [3.8, 4) is 11.5 Å². The molecule has 1 aliphatic rings. The third-order valence-electron chi connectivity index (χ3n) is 5.56. The van der Waals surface area contributed by atoms with Crippen LogP contribution in [0.1, 0.15) is 18.5 Å². The summed E-state index contributed by atoms with van der Waals surface area (Å²) in [7, 11) is 3.00. The molecule has 0 aliphatic carbocycles. The minimum Gasteiger partial charge on any atom is -0.493 e. The highest BCUT2D eigenvalue weighted by Crippen LogP contribution is 2.37. The van der Waals surface area contributed by atoms with E-state index in [2.05, 4.69) is 15.3 Å². The number of aromatic nitrogens is 2. The zero-order chi connectivity index (χ0) is 23.6. The number of rotatable bonds is 5. The van der Waals surface area contributed by atoms with Crippen LogP contribution in [0.5, 0.6) is 11.5 Å². The van der Waals surface area contributed by atoms with Crippen molar-refractivity contribution in [3.63, 3.8) is 0 Å². The van der Waals surface area contributed by atoms with Gasteiger partial charge in [0.15, 0.2) is 23.0 Å². The number of carbonyl (C=O) groups excluding carboxylic acids is 1. The fourth-order valence-electron chi connectivity index (χ4n) is 3.94. The van der Waals surface area contributed by atoms with Crippen molar-refractivity contribution < 1.29 is 27.4 Å². The summed E-state index contributed by atoms with van der Waals surface area (Å²) < 4.78 is 51.8. The smallest absolute Gasteiger partial charge is 0.437 e. The molecule has 0 radical (unpaired) electrons. The highest BCUT2D eigenvalue weighted by molar-refractivity contribution is 5.93. The largest absolute Gasteiger partial charge is 0.493 e. The minimum atomic E-state index is -4.67. The van der Waals surface area contributed by atoms with Crippen LogP contribution in [0.4, 0.5) is 24.7 Å². The van der Waals surface area contributed by atoms with Crippen LogP contribution in [0.3, 0.4) is 0 Å². The van der Waals surface area contributed by atoms with Crippen LogP contribution in [0.2, 0.25) is 0 Å². The molecule has 2 aromatic carbocycles. The molecule has 7 nitrogen and oxygen atoms in total. The second kappa shape index (κ2) is 9.13. The Morgan fingerprint density at radius 1 is 1.06 bits per heavy atom. The van der Waals surface area contributed by atoms with Crippen molar-refractivity contribution in [1.82, 2.24) is 9.97 Å². The van der Waals surface area contributed by atoms with E-state index in [-0.39, 0.29) is 23.8 Å². The number of benzene rings is 2. The first-order valence-corrected chi connectivity index (χ1v) is 10.4. The summed E-state index contributed by atoms with van der Waals surface area (Å²) in [6, 6.07) is 11.4. The molecular formula is C23H23F3N4O3. The van der Waals surface area contributed by atoms with Crippen molar-refractivity contribution in [3.05, 3.63) is 48.2 Å². The number of halogens is 3. The lowest BCUT2D eigenvalue weighted by Gasteiger charge is -2.34. The maximum absolute atomic E-state index is 13.8. The number of hydrogen-bond donors (Lipinski definition) is 1. The summed E-state index contributed by atoms with van der Waals surface area (Å²) in [6.07, 6.45) is -3.56. The van der Waals surface area contributed by atoms with Gasteiger partial charge in [-0.1, -0.05) is 12.1 Å². The quantitative estimate of drug-likeness (QED) is 0.603. The molecule has 2 heterocycles. The Balaban J connectivity index is 1.57. The Morgan fingerprint density at radius 2 is 1.76 bits per heavy atom. The summed E-state index contributed by atoms with van der Waals surface area (Å²) >= 11 is 0. The topological polar surface area (TPSA) is 76.6 Å². The van der Waals surface area contributed by atoms with E-state index in [1.807, 2.05) is 0 Å². The van der Waals surface area contributed by atoms with Crippen LogP contribution in [0.25, 0.3) is 11.0 Å². The molecule has 1 N–H and O–H groups in total. The average molecular weight is 460 g/mol. The molecule has 0 spiro atoms. The molecule has 0 bridgehead atoms. The molecule has 174 valence electrons. The van der Waals surface area contributed by atoms with Gasteiger partial charge in [-0.2, -0.15) is 13.2 Å². The predicted octanol–water partition coefficient (Wildman–Crippen LogP) is 4.52. The van der Waals surface area contributed by atoms with Crippen LogP contribution in [0.15, 0.2) is 42.5 Å². The van der Waals surface area contributed by atoms with E-state index in [9.17, 15) is 18.0 Å². The molecule has 10 heteroatoms. The predicted molar refractivity (Wildman–Crippen MR) is 118 cm³/mol. The average Bonchev–Trinajstić information content (AvgIpc) is 2.82. The van der Waals surface area contributed by atoms with E-state index >= 15 is 0 Å². The zero-order valence-corrected chi connectivity index (χ0v) is 18.1. The Bertz CT molecular complexity index is 1170. The van der Waals surface area contributed by atoms with Gasteiger partial charge in [-0.05, 0) is 37.1 Å². The highest BCUT2D eigenvalue weighted by atomic mass is 19.4. The van der Waals surface area contributed by atoms with E-state index in [1.165, 1.54) is 25.2 Å². The van der Waals surface area contributed by atoms with Crippen molar-refractivity contribution in [2.45, 2.75) is 19.0 Å². The summed E-state index contributed by atoms with van der Waals surface area (Å²) in [4.78, 5) is 22.5. The van der Waals surface area contributed by atoms with Crippen molar-refractivity contribution >= 4 is 28.4 Å². The van der Waals surface area contributed by atoms with E-state index < -0.39 is 17.8 Å². The summed E-state index contributed by atoms with van der Waals surface area (Å²) in [5.74, 6) is -0.0593. The first kappa shape index (κ1) is 22.6. The summed E-state index contributed by atoms with van der Waals surface area (Å²) in [5.41, 5.74) is 0.0177. The summed E-state index contributed by atoms with van der Waals surface area (Å²) in [5, 5.41) is 2.82. The second-order valence-electron chi connectivity index (χ2n) is 7.73. The van der Waals surface area contributed by atoms with Crippen LogP contribution < -0.4 is 19.7 Å². The van der Waals surface area contributed by atoms with Gasteiger partial charge in [0.2, 0.25) is 5.91 Å². The molecule has 1 aromatic heterocycles. The number of ether oxygens (including phenoxy) is 2. The molecule has 1 atom stereocenters. The van der Waals surface area contributed by atoms with Gasteiger partial charge in [0.05, 0.1) is 31.2 Å². The Morgan fingerprint density at radius 3 is 2.42 bits per heavy atom. The number of alkyl halides is 3. The number of para-hydroxylation sites is 2. The molecular weight excluding hydrogens is 437 g/mol. The third kappa shape index (κ3) is 4.79. The fourth-order valence-corrected chi connectivity index (χ4v) is 3.94. The van der Waals surface area contributed by atoms with Crippen LogP contribution >= 0.6 is 0 Å². The number of nitrogens with zero attached hydrogens (tertiary/aromatic N) is 3. The monoisotopic (exact) mass is 460 g/mol. The number of carbonyl (C=O) groups is 1. The lowest BCUT2D eigenvalue weighted by Crippen LogP contribution is -2.42. The lowest BCUT2D eigenvalue weighted by atomic mass is 9.96. The molecule has 0 saturated carbocycles. The molecule has 33 heavy (non-hydrogen) atoms. The number of piperidine rings is 1. The normalized spacial score (nSPS) is 16.5. The number of methoxy groups -OCH3 is 2. The standard InChI is InChI=1S/C23H23F3N4O3/c1-32-18-10-9-15(12-19(18)33-2)27-22(31)14-6-5-11-30(13-14)21-20(23(24,25)26)28-16-7-3-4-8-17(16)29-21/h3-4,7-10,12,14H,5-6,11,13H2,1-2H3,(H,27,31)/t14-/m0/s1. The summed E-state index contributed by atoms with van der Waals surface area (Å²) in [6.45, 7) is 0.464. The molecule has 1 fully saturated rings. The Labute approximate surface area is 188 Å². The van der Waals surface area contributed by atoms with Gasteiger partial charge >= 0.3 is 6.18 Å². The number of hydrogen-bond acceptors (Lipinski definition) is 6. The van der Waals surface area contributed by atoms with E-state index in [1.54, 1.807) is 36.4 Å². The lowest BCUT2D eigenvalue weighted by molar-refractivity contribution is -0.140. The number of fused-ring (bicyclic) bond motifs is 1. The number of anilines is 2. The molecule has 3 aromatic rings. The molecule has 1 amide bonds. The van der Waals surface area contributed by atoms with Crippen LogP contribution in [-0.4, -0.2) is 43.2 Å². The van der Waals surface area contributed by atoms with Gasteiger partial charge in [-0.3, -0.25) is 4.79 Å². The van der Waals surface area contributed by atoms with Crippen LogP contribution in [-0.2, 0) is 11.0 Å².